The van der Waals surface area contributed by atoms with Crippen LogP contribution < -0.4 is 10.6 Å². The molecule has 0 aliphatic heterocycles. The van der Waals surface area contributed by atoms with E-state index >= 15 is 0 Å². The average molecular weight is 292 g/mol. The second-order valence-electron chi connectivity index (χ2n) is 4.67. The fourth-order valence-electron chi connectivity index (χ4n) is 1.79. The van der Waals surface area contributed by atoms with Gasteiger partial charge in [-0.25, -0.2) is 4.79 Å². The Hall–Kier alpha value is -2.37. The summed E-state index contributed by atoms with van der Waals surface area (Å²) < 4.78 is 0. The molecule has 0 saturated carbocycles. The van der Waals surface area contributed by atoms with Gasteiger partial charge in [-0.3, -0.25) is 9.59 Å². The van der Waals surface area contributed by atoms with E-state index in [4.69, 9.17) is 5.11 Å². The third kappa shape index (κ3) is 6.56. The lowest BCUT2D eigenvalue weighted by molar-refractivity contribution is -0.141. The maximum Gasteiger partial charge on any atom is 0.326 e. The number of aliphatic carboxylic acids is 1. The van der Waals surface area contributed by atoms with E-state index in [1.807, 2.05) is 13.0 Å². The predicted octanol–water partition coefficient (Wildman–Crippen LogP) is 0.715. The first-order chi connectivity index (χ1) is 10.0. The van der Waals surface area contributed by atoms with Gasteiger partial charge in [-0.05, 0) is 12.0 Å². The highest BCUT2D eigenvalue weighted by Crippen LogP contribution is 2.03. The Bertz CT molecular complexity index is 488. The smallest absolute Gasteiger partial charge is 0.326 e. The van der Waals surface area contributed by atoms with E-state index in [-0.39, 0.29) is 18.9 Å². The van der Waals surface area contributed by atoms with Crippen LogP contribution in [0.2, 0.25) is 0 Å². The molecule has 114 valence electrons. The van der Waals surface area contributed by atoms with E-state index in [0.717, 1.165) is 5.56 Å². The van der Waals surface area contributed by atoms with E-state index in [0.29, 0.717) is 12.8 Å². The zero-order chi connectivity index (χ0) is 15.7. The first kappa shape index (κ1) is 16.7. The van der Waals surface area contributed by atoms with Crippen molar-refractivity contribution in [3.8, 4) is 0 Å². The summed E-state index contributed by atoms with van der Waals surface area (Å²) in [6, 6.07) is 8.03. The van der Waals surface area contributed by atoms with E-state index in [9.17, 15) is 14.4 Å². The average Bonchev–Trinajstić information content (AvgIpc) is 2.46. The number of carbonyl (C=O) groups is 3. The molecule has 6 nitrogen and oxygen atoms in total. The van der Waals surface area contributed by atoms with Gasteiger partial charge in [0.15, 0.2) is 0 Å². The number of carbonyl (C=O) groups excluding carboxylic acids is 2. The number of nitrogens with one attached hydrogen (secondary N) is 2. The summed E-state index contributed by atoms with van der Waals surface area (Å²) in [5, 5.41) is 14.0. The molecule has 0 fully saturated rings. The topological polar surface area (TPSA) is 95.5 Å². The van der Waals surface area contributed by atoms with Crippen LogP contribution in [0, 0.1) is 0 Å². The predicted molar refractivity (Wildman–Crippen MR) is 77.6 cm³/mol. The SMILES string of the molecule is CCCC(=O)NCC(=O)N[C@@H](Cc1ccccc1)C(=O)O. The van der Waals surface area contributed by atoms with Gasteiger partial charge in [-0.2, -0.15) is 0 Å². The molecule has 0 saturated heterocycles. The Labute approximate surface area is 123 Å². The first-order valence-corrected chi connectivity index (χ1v) is 6.85. The molecule has 1 aromatic rings. The van der Waals surface area contributed by atoms with Crippen molar-refractivity contribution in [3.63, 3.8) is 0 Å². The van der Waals surface area contributed by atoms with Gasteiger partial charge < -0.3 is 15.7 Å². The molecule has 1 atom stereocenters. The summed E-state index contributed by atoms with van der Waals surface area (Å²) in [7, 11) is 0. The van der Waals surface area contributed by atoms with Gasteiger partial charge in [0.2, 0.25) is 11.8 Å². The molecule has 0 aliphatic carbocycles. The van der Waals surface area contributed by atoms with Crippen LogP contribution in [0.4, 0.5) is 0 Å². The monoisotopic (exact) mass is 292 g/mol. The van der Waals surface area contributed by atoms with E-state index in [1.54, 1.807) is 24.3 Å². The van der Waals surface area contributed by atoms with Crippen molar-refractivity contribution >= 4 is 17.8 Å². The van der Waals surface area contributed by atoms with Crippen molar-refractivity contribution in [2.24, 2.45) is 0 Å². The molecule has 0 unspecified atom stereocenters. The number of hydrogen-bond acceptors (Lipinski definition) is 3. The molecule has 0 radical (unpaired) electrons. The second-order valence-corrected chi connectivity index (χ2v) is 4.67. The molecule has 2 amide bonds. The van der Waals surface area contributed by atoms with Crippen LogP contribution in [-0.4, -0.2) is 35.5 Å². The molecule has 1 aromatic carbocycles. The largest absolute Gasteiger partial charge is 0.480 e. The molecular formula is C15H20N2O4. The van der Waals surface area contributed by atoms with Crippen LogP contribution in [0.25, 0.3) is 0 Å². The van der Waals surface area contributed by atoms with Gasteiger partial charge >= 0.3 is 5.97 Å². The van der Waals surface area contributed by atoms with Gasteiger partial charge in [0.1, 0.15) is 6.04 Å². The third-order valence-corrected chi connectivity index (χ3v) is 2.84. The van der Waals surface area contributed by atoms with Gasteiger partial charge in [0, 0.05) is 12.8 Å². The molecule has 3 N–H and O–H groups in total. The van der Waals surface area contributed by atoms with Crippen LogP contribution in [0.1, 0.15) is 25.3 Å². The number of rotatable bonds is 8. The van der Waals surface area contributed by atoms with Gasteiger partial charge in [0.05, 0.1) is 6.54 Å². The Morgan fingerprint density at radius 2 is 1.81 bits per heavy atom. The normalized spacial score (nSPS) is 11.5. The van der Waals surface area contributed by atoms with E-state index < -0.39 is 17.9 Å². The van der Waals surface area contributed by atoms with Crippen LogP contribution in [0.15, 0.2) is 30.3 Å². The summed E-state index contributed by atoms with van der Waals surface area (Å²) in [4.78, 5) is 34.1. The standard InChI is InChI=1S/C15H20N2O4/c1-2-6-13(18)16-10-14(19)17-12(15(20)21)9-11-7-4-3-5-8-11/h3-5,7-8,12H,2,6,9-10H2,1H3,(H,16,18)(H,17,19)(H,20,21)/t12-/m0/s1. The zero-order valence-corrected chi connectivity index (χ0v) is 12.0. The highest BCUT2D eigenvalue weighted by atomic mass is 16.4. The van der Waals surface area contributed by atoms with Crippen LogP contribution in [-0.2, 0) is 20.8 Å². The van der Waals surface area contributed by atoms with Crippen LogP contribution >= 0.6 is 0 Å². The molecule has 6 heteroatoms. The van der Waals surface area contributed by atoms with E-state index in [2.05, 4.69) is 10.6 Å². The minimum absolute atomic E-state index is 0.199. The summed E-state index contributed by atoms with van der Waals surface area (Å²) in [6.45, 7) is 1.65. The first-order valence-electron chi connectivity index (χ1n) is 6.85. The van der Waals surface area contributed by atoms with Crippen molar-refractivity contribution < 1.29 is 19.5 Å². The number of benzene rings is 1. The number of carboxylic acids is 1. The molecule has 0 aliphatic rings. The summed E-state index contributed by atoms with van der Waals surface area (Å²) in [6.07, 6.45) is 1.24. The fraction of sp³-hybridized carbons (Fsp3) is 0.400. The second kappa shape index (κ2) is 8.73. The summed E-state index contributed by atoms with van der Waals surface area (Å²) in [5.74, 6) is -1.84. The van der Waals surface area contributed by atoms with Crippen molar-refractivity contribution in [1.82, 2.24) is 10.6 Å². The number of hydrogen-bond donors (Lipinski definition) is 3. The lowest BCUT2D eigenvalue weighted by Crippen LogP contribution is -2.46. The number of amides is 2. The van der Waals surface area contributed by atoms with Crippen LogP contribution in [0.3, 0.4) is 0 Å². The Morgan fingerprint density at radius 3 is 2.38 bits per heavy atom. The Kier molecular flexibility index (Phi) is 6.94. The van der Waals surface area contributed by atoms with Crippen molar-refractivity contribution in [2.45, 2.75) is 32.2 Å². The van der Waals surface area contributed by atoms with Gasteiger partial charge in [0.25, 0.3) is 0 Å². The molecule has 21 heavy (non-hydrogen) atoms. The number of carboxylic acid groups (broad SMARTS) is 1. The lowest BCUT2D eigenvalue weighted by Gasteiger charge is -2.15. The Balaban J connectivity index is 2.49. The molecule has 0 heterocycles. The molecule has 1 rings (SSSR count). The maximum absolute atomic E-state index is 11.7. The quantitative estimate of drug-likeness (QED) is 0.657. The van der Waals surface area contributed by atoms with Gasteiger partial charge in [-0.1, -0.05) is 37.3 Å². The minimum atomic E-state index is -1.10. The minimum Gasteiger partial charge on any atom is -0.480 e. The summed E-state index contributed by atoms with van der Waals surface area (Å²) in [5.41, 5.74) is 0.820. The van der Waals surface area contributed by atoms with Crippen molar-refractivity contribution in [2.75, 3.05) is 6.54 Å². The van der Waals surface area contributed by atoms with Crippen LogP contribution in [0.5, 0.6) is 0 Å². The molecule has 0 aromatic heterocycles. The fourth-order valence-corrected chi connectivity index (χ4v) is 1.79. The molecule has 0 bridgehead atoms. The highest BCUT2D eigenvalue weighted by molar-refractivity contribution is 5.87. The molecular weight excluding hydrogens is 272 g/mol. The summed E-state index contributed by atoms with van der Waals surface area (Å²) >= 11 is 0. The van der Waals surface area contributed by atoms with E-state index in [1.165, 1.54) is 0 Å². The van der Waals surface area contributed by atoms with Crippen molar-refractivity contribution in [1.29, 1.82) is 0 Å². The Morgan fingerprint density at radius 1 is 1.14 bits per heavy atom. The third-order valence-electron chi connectivity index (χ3n) is 2.84. The zero-order valence-electron chi connectivity index (χ0n) is 12.0. The molecule has 0 spiro atoms. The maximum atomic E-state index is 11.7. The lowest BCUT2D eigenvalue weighted by atomic mass is 10.1. The van der Waals surface area contributed by atoms with Crippen molar-refractivity contribution in [3.05, 3.63) is 35.9 Å². The highest BCUT2D eigenvalue weighted by Gasteiger charge is 2.20. The van der Waals surface area contributed by atoms with Gasteiger partial charge in [-0.15, -0.1) is 0 Å².